The number of ether oxygens (including phenoxy) is 1. The third kappa shape index (κ3) is 4.73. The van der Waals surface area contributed by atoms with E-state index in [9.17, 15) is 0 Å². The first-order chi connectivity index (χ1) is 9.19. The van der Waals surface area contributed by atoms with Gasteiger partial charge in [-0.25, -0.2) is 0 Å². The average Bonchev–Trinajstić information content (AvgIpc) is 2.41. The Kier molecular flexibility index (Phi) is 6.11. The summed E-state index contributed by atoms with van der Waals surface area (Å²) in [7, 11) is 1.85. The maximum Gasteiger partial charge on any atom is 0.0724 e. The van der Waals surface area contributed by atoms with Crippen LogP contribution in [0.3, 0.4) is 0 Å². The van der Waals surface area contributed by atoms with Gasteiger partial charge in [0.25, 0.3) is 0 Å². The molecular weight excluding hydrogens is 236 g/mol. The lowest BCUT2D eigenvalue weighted by molar-refractivity contribution is -0.00469. The Morgan fingerprint density at radius 1 is 1.21 bits per heavy atom. The van der Waals surface area contributed by atoms with E-state index in [0.29, 0.717) is 12.0 Å². The van der Waals surface area contributed by atoms with Crippen molar-refractivity contribution in [3.05, 3.63) is 0 Å². The van der Waals surface area contributed by atoms with E-state index < -0.39 is 0 Å². The Morgan fingerprint density at radius 3 is 2.79 bits per heavy atom. The molecule has 1 saturated heterocycles. The van der Waals surface area contributed by atoms with Crippen molar-refractivity contribution in [3.8, 4) is 0 Å². The quantitative estimate of drug-likeness (QED) is 0.829. The van der Waals surface area contributed by atoms with Crippen molar-refractivity contribution in [2.45, 2.75) is 58.1 Å². The van der Waals surface area contributed by atoms with Crippen molar-refractivity contribution in [1.82, 2.24) is 10.2 Å². The lowest BCUT2D eigenvalue weighted by Crippen LogP contribution is -2.47. The van der Waals surface area contributed by atoms with E-state index in [1.807, 2.05) is 7.11 Å². The van der Waals surface area contributed by atoms with Gasteiger partial charge in [0.05, 0.1) is 6.10 Å². The number of hydrogen-bond donors (Lipinski definition) is 1. The largest absolute Gasteiger partial charge is 0.380 e. The third-order valence-electron chi connectivity index (χ3n) is 5.07. The molecule has 1 N–H and O–H groups in total. The van der Waals surface area contributed by atoms with Crippen LogP contribution in [-0.2, 0) is 4.74 Å². The SMILES string of the molecule is COC1CN(CCNC2CCCC(C)C2)CCC1C. The standard InChI is InChI=1S/C16H32N2O/c1-13-5-4-6-15(11-13)17-8-10-18-9-7-14(2)16(12-18)19-3/h13-17H,4-12H2,1-3H3. The van der Waals surface area contributed by atoms with Crippen LogP contribution in [0.2, 0.25) is 0 Å². The van der Waals surface area contributed by atoms with Crippen LogP contribution >= 0.6 is 0 Å². The van der Waals surface area contributed by atoms with Gasteiger partial charge >= 0.3 is 0 Å². The number of piperidine rings is 1. The van der Waals surface area contributed by atoms with Gasteiger partial charge in [-0.15, -0.1) is 0 Å². The van der Waals surface area contributed by atoms with E-state index in [-0.39, 0.29) is 0 Å². The molecule has 0 aromatic heterocycles. The molecule has 4 unspecified atom stereocenters. The summed E-state index contributed by atoms with van der Waals surface area (Å²) in [4.78, 5) is 2.56. The molecule has 0 spiro atoms. The molecule has 4 atom stereocenters. The fourth-order valence-corrected chi connectivity index (χ4v) is 3.65. The van der Waals surface area contributed by atoms with Crippen molar-refractivity contribution in [3.63, 3.8) is 0 Å². The van der Waals surface area contributed by atoms with Gasteiger partial charge in [-0.1, -0.05) is 26.7 Å². The van der Waals surface area contributed by atoms with Crippen LogP contribution in [0.1, 0.15) is 46.0 Å². The molecule has 1 aliphatic heterocycles. The molecule has 1 heterocycles. The van der Waals surface area contributed by atoms with E-state index in [1.54, 1.807) is 0 Å². The van der Waals surface area contributed by atoms with Crippen molar-refractivity contribution >= 4 is 0 Å². The number of nitrogens with zero attached hydrogens (tertiary/aromatic N) is 1. The van der Waals surface area contributed by atoms with Crippen molar-refractivity contribution in [1.29, 1.82) is 0 Å². The molecule has 1 aliphatic carbocycles. The molecular formula is C16H32N2O. The fraction of sp³-hybridized carbons (Fsp3) is 1.00. The number of likely N-dealkylation sites (tertiary alicyclic amines) is 1. The van der Waals surface area contributed by atoms with Gasteiger partial charge in [0.15, 0.2) is 0 Å². The van der Waals surface area contributed by atoms with Gasteiger partial charge < -0.3 is 10.1 Å². The minimum Gasteiger partial charge on any atom is -0.380 e. The first-order valence-corrected chi connectivity index (χ1v) is 8.17. The van der Waals surface area contributed by atoms with E-state index >= 15 is 0 Å². The topological polar surface area (TPSA) is 24.5 Å². The summed E-state index contributed by atoms with van der Waals surface area (Å²) >= 11 is 0. The normalized spacial score (nSPS) is 37.4. The van der Waals surface area contributed by atoms with Crippen LogP contribution in [0.5, 0.6) is 0 Å². The molecule has 2 fully saturated rings. The average molecular weight is 268 g/mol. The van der Waals surface area contributed by atoms with Gasteiger partial charge in [0.1, 0.15) is 0 Å². The smallest absolute Gasteiger partial charge is 0.0724 e. The van der Waals surface area contributed by atoms with Crippen LogP contribution in [0, 0.1) is 11.8 Å². The number of methoxy groups -OCH3 is 1. The first-order valence-electron chi connectivity index (χ1n) is 8.17. The van der Waals surface area contributed by atoms with Crippen LogP contribution in [0.4, 0.5) is 0 Å². The number of nitrogens with one attached hydrogen (secondary N) is 1. The maximum atomic E-state index is 5.58. The summed E-state index contributed by atoms with van der Waals surface area (Å²) in [6, 6.07) is 0.769. The highest BCUT2D eigenvalue weighted by Crippen LogP contribution is 2.23. The zero-order valence-corrected chi connectivity index (χ0v) is 13.0. The second-order valence-corrected chi connectivity index (χ2v) is 6.76. The van der Waals surface area contributed by atoms with Crippen molar-refractivity contribution < 1.29 is 4.74 Å². The van der Waals surface area contributed by atoms with E-state index in [1.165, 1.54) is 45.2 Å². The summed E-state index contributed by atoms with van der Waals surface area (Å²) in [6.45, 7) is 9.38. The minimum absolute atomic E-state index is 0.434. The highest BCUT2D eigenvalue weighted by atomic mass is 16.5. The molecule has 19 heavy (non-hydrogen) atoms. The summed E-state index contributed by atoms with van der Waals surface area (Å²) in [5.41, 5.74) is 0. The maximum absolute atomic E-state index is 5.58. The lowest BCUT2D eigenvalue weighted by atomic mass is 9.87. The molecule has 2 aliphatic rings. The van der Waals surface area contributed by atoms with Crippen LogP contribution in [0.25, 0.3) is 0 Å². The third-order valence-corrected chi connectivity index (χ3v) is 5.07. The summed E-state index contributed by atoms with van der Waals surface area (Å²) in [5.74, 6) is 1.63. The molecule has 0 aromatic rings. The summed E-state index contributed by atoms with van der Waals surface area (Å²) < 4.78 is 5.58. The summed E-state index contributed by atoms with van der Waals surface area (Å²) in [5, 5.41) is 3.76. The first kappa shape index (κ1) is 15.3. The predicted octanol–water partition coefficient (Wildman–Crippen LogP) is 2.51. The predicted molar refractivity (Wildman–Crippen MR) is 80.4 cm³/mol. The van der Waals surface area contributed by atoms with Gasteiger partial charge in [0, 0.05) is 32.8 Å². The Labute approximate surface area is 119 Å². The molecule has 0 aromatic carbocycles. The Balaban J connectivity index is 1.62. The Bertz CT molecular complexity index is 259. The number of hydrogen-bond acceptors (Lipinski definition) is 3. The van der Waals surface area contributed by atoms with Gasteiger partial charge in [-0.05, 0) is 37.6 Å². The van der Waals surface area contributed by atoms with Gasteiger partial charge in [-0.2, -0.15) is 0 Å². The molecule has 1 saturated carbocycles. The number of rotatable bonds is 5. The summed E-state index contributed by atoms with van der Waals surface area (Å²) in [6.07, 6.45) is 7.30. The molecule has 0 radical (unpaired) electrons. The minimum atomic E-state index is 0.434. The molecule has 2 rings (SSSR count). The van der Waals surface area contributed by atoms with Crippen molar-refractivity contribution in [2.75, 3.05) is 33.3 Å². The fourth-order valence-electron chi connectivity index (χ4n) is 3.65. The van der Waals surface area contributed by atoms with Crippen molar-refractivity contribution in [2.24, 2.45) is 11.8 Å². The van der Waals surface area contributed by atoms with Crippen LogP contribution in [-0.4, -0.2) is 50.3 Å². The van der Waals surface area contributed by atoms with Crippen LogP contribution < -0.4 is 5.32 Å². The van der Waals surface area contributed by atoms with E-state index in [4.69, 9.17) is 4.74 Å². The molecule has 3 nitrogen and oxygen atoms in total. The molecule has 0 amide bonds. The second-order valence-electron chi connectivity index (χ2n) is 6.76. The zero-order valence-electron chi connectivity index (χ0n) is 13.0. The Hall–Kier alpha value is -0.120. The van der Waals surface area contributed by atoms with Gasteiger partial charge in [-0.3, -0.25) is 4.90 Å². The lowest BCUT2D eigenvalue weighted by Gasteiger charge is -2.36. The highest BCUT2D eigenvalue weighted by molar-refractivity contribution is 4.80. The Morgan fingerprint density at radius 2 is 2.05 bits per heavy atom. The zero-order chi connectivity index (χ0) is 13.7. The van der Waals surface area contributed by atoms with Gasteiger partial charge in [0.2, 0.25) is 0 Å². The van der Waals surface area contributed by atoms with Crippen LogP contribution in [0.15, 0.2) is 0 Å². The second kappa shape index (κ2) is 7.61. The molecule has 3 heteroatoms. The molecule has 0 bridgehead atoms. The van der Waals surface area contributed by atoms with E-state index in [2.05, 4.69) is 24.1 Å². The molecule has 112 valence electrons. The highest BCUT2D eigenvalue weighted by Gasteiger charge is 2.25. The monoisotopic (exact) mass is 268 g/mol. The van der Waals surface area contributed by atoms with E-state index in [0.717, 1.165) is 25.0 Å².